The van der Waals surface area contributed by atoms with Gasteiger partial charge in [-0.1, -0.05) is 12.1 Å². The van der Waals surface area contributed by atoms with Gasteiger partial charge in [0, 0.05) is 12.1 Å². The quantitative estimate of drug-likeness (QED) is 0.331. The van der Waals surface area contributed by atoms with Crippen LogP contribution in [0.4, 0.5) is 0 Å². The molecule has 0 aliphatic carbocycles. The Labute approximate surface area is 174 Å². The van der Waals surface area contributed by atoms with E-state index < -0.39 is 48.5 Å². The average molecular weight is 432 g/mol. The summed E-state index contributed by atoms with van der Waals surface area (Å²) in [6, 6.07) is 8.33. The van der Waals surface area contributed by atoms with Crippen LogP contribution in [0.1, 0.15) is 0 Å². The second kappa shape index (κ2) is 8.17. The van der Waals surface area contributed by atoms with E-state index in [9.17, 15) is 35.4 Å². The van der Waals surface area contributed by atoms with Gasteiger partial charge in [-0.15, -0.1) is 0 Å². The predicted octanol–water partition coefficient (Wildman–Crippen LogP) is 0.0499. The second-order valence-corrected chi connectivity index (χ2v) is 7.15. The Morgan fingerprint density at radius 3 is 2.39 bits per heavy atom. The summed E-state index contributed by atoms with van der Waals surface area (Å²) >= 11 is 0. The number of phenols is 2. The highest BCUT2D eigenvalue weighted by Crippen LogP contribution is 2.31. The van der Waals surface area contributed by atoms with Crippen molar-refractivity contribution in [2.45, 2.75) is 30.7 Å². The van der Waals surface area contributed by atoms with Crippen molar-refractivity contribution in [3.8, 4) is 28.4 Å². The number of hydrogen-bond donors (Lipinski definition) is 6. The monoisotopic (exact) mass is 432 g/mol. The van der Waals surface area contributed by atoms with Crippen LogP contribution in [0.2, 0.25) is 0 Å². The minimum absolute atomic E-state index is 0.0354. The standard InChI is InChI=1S/C21H20O10/c22-7-15-20(18(26)19(27)21(28)31-15)30-11-3-1-9(2-4-11)12-8-29-14-6-10(23)5-13(24)16(14)17(12)25/h1-6,8,15,18-24,26-28H,7H2/t15-,18-,19-,20-,21-/m0/s1. The molecule has 10 heteroatoms. The van der Waals surface area contributed by atoms with Crippen LogP contribution in [0.15, 0.2) is 51.9 Å². The summed E-state index contributed by atoms with van der Waals surface area (Å²) in [5.74, 6) is -0.404. The van der Waals surface area contributed by atoms with Crippen molar-refractivity contribution in [3.05, 3.63) is 52.9 Å². The summed E-state index contributed by atoms with van der Waals surface area (Å²) in [5, 5.41) is 58.4. The zero-order chi connectivity index (χ0) is 22.3. The molecule has 31 heavy (non-hydrogen) atoms. The lowest BCUT2D eigenvalue weighted by molar-refractivity contribution is -0.282. The molecule has 2 heterocycles. The van der Waals surface area contributed by atoms with E-state index in [0.717, 1.165) is 6.07 Å². The fourth-order valence-electron chi connectivity index (χ4n) is 3.50. The molecule has 3 aromatic rings. The van der Waals surface area contributed by atoms with Gasteiger partial charge in [0.25, 0.3) is 0 Å². The molecule has 1 aliphatic rings. The van der Waals surface area contributed by atoms with E-state index in [1.165, 1.54) is 24.5 Å². The first-order chi connectivity index (χ1) is 14.8. The molecule has 164 valence electrons. The summed E-state index contributed by atoms with van der Waals surface area (Å²) in [6.45, 7) is -0.555. The second-order valence-electron chi connectivity index (χ2n) is 7.15. The molecule has 0 saturated carbocycles. The maximum atomic E-state index is 12.8. The fourth-order valence-corrected chi connectivity index (χ4v) is 3.50. The van der Waals surface area contributed by atoms with Crippen LogP contribution in [-0.4, -0.2) is 68.0 Å². The van der Waals surface area contributed by atoms with Crippen LogP contribution < -0.4 is 10.2 Å². The zero-order valence-corrected chi connectivity index (χ0v) is 16.0. The van der Waals surface area contributed by atoms with Crippen LogP contribution in [0.25, 0.3) is 22.1 Å². The Morgan fingerprint density at radius 1 is 1.00 bits per heavy atom. The van der Waals surface area contributed by atoms with Gasteiger partial charge in [0.05, 0.1) is 12.2 Å². The normalized spacial score (nSPS) is 26.1. The highest BCUT2D eigenvalue weighted by Gasteiger charge is 2.45. The van der Waals surface area contributed by atoms with E-state index >= 15 is 0 Å². The van der Waals surface area contributed by atoms with Gasteiger partial charge in [0.2, 0.25) is 5.43 Å². The number of aromatic hydroxyl groups is 2. The van der Waals surface area contributed by atoms with Crippen LogP contribution >= 0.6 is 0 Å². The van der Waals surface area contributed by atoms with Crippen molar-refractivity contribution in [2.24, 2.45) is 0 Å². The highest BCUT2D eigenvalue weighted by molar-refractivity contribution is 5.88. The van der Waals surface area contributed by atoms with Crippen molar-refractivity contribution in [1.82, 2.24) is 0 Å². The molecule has 0 bridgehead atoms. The summed E-state index contributed by atoms with van der Waals surface area (Å²) in [7, 11) is 0. The zero-order valence-electron chi connectivity index (χ0n) is 16.0. The smallest absolute Gasteiger partial charge is 0.204 e. The van der Waals surface area contributed by atoms with Crippen LogP contribution in [0.3, 0.4) is 0 Å². The van der Waals surface area contributed by atoms with E-state index in [1.54, 1.807) is 12.1 Å². The summed E-state index contributed by atoms with van der Waals surface area (Å²) in [5.41, 5.74) is 0.146. The molecule has 1 aliphatic heterocycles. The Bertz CT molecular complexity index is 1140. The molecule has 0 unspecified atom stereocenters. The number of aliphatic hydroxyl groups excluding tert-OH is 4. The minimum Gasteiger partial charge on any atom is -0.508 e. The topological polar surface area (TPSA) is 170 Å². The number of phenolic OH excluding ortho intramolecular Hbond substituents is 2. The molecule has 2 aromatic carbocycles. The van der Waals surface area contributed by atoms with E-state index in [0.29, 0.717) is 5.56 Å². The Balaban J connectivity index is 1.62. The predicted molar refractivity (Wildman–Crippen MR) is 106 cm³/mol. The van der Waals surface area contributed by atoms with E-state index in [2.05, 4.69) is 0 Å². The number of ether oxygens (including phenoxy) is 2. The Hall–Kier alpha value is -3.15. The van der Waals surface area contributed by atoms with Crippen molar-refractivity contribution in [1.29, 1.82) is 0 Å². The Morgan fingerprint density at radius 2 is 1.71 bits per heavy atom. The third-order valence-corrected chi connectivity index (χ3v) is 5.12. The molecule has 4 rings (SSSR count). The van der Waals surface area contributed by atoms with Gasteiger partial charge in [-0.3, -0.25) is 4.79 Å². The molecule has 5 atom stereocenters. The molecule has 1 fully saturated rings. The molecule has 0 amide bonds. The molecular formula is C21H20O10. The molecule has 1 saturated heterocycles. The first-order valence-electron chi connectivity index (χ1n) is 9.35. The number of aliphatic hydroxyl groups is 4. The SMILES string of the molecule is O=c1c(-c2ccc(O[C@@H]3[C@@H](O)[C@H](O)[C@@H](O)O[C@H]3CO)cc2)coc2cc(O)cc(O)c12. The largest absolute Gasteiger partial charge is 0.508 e. The van der Waals surface area contributed by atoms with Gasteiger partial charge in [0.1, 0.15) is 52.8 Å². The first kappa shape index (κ1) is 21.1. The van der Waals surface area contributed by atoms with Gasteiger partial charge < -0.3 is 44.5 Å². The van der Waals surface area contributed by atoms with E-state index in [-0.39, 0.29) is 28.0 Å². The minimum atomic E-state index is -1.65. The summed E-state index contributed by atoms with van der Waals surface area (Å²) < 4.78 is 16.1. The molecule has 1 aromatic heterocycles. The van der Waals surface area contributed by atoms with Crippen LogP contribution in [0.5, 0.6) is 17.2 Å². The maximum Gasteiger partial charge on any atom is 0.204 e. The van der Waals surface area contributed by atoms with Gasteiger partial charge >= 0.3 is 0 Å². The van der Waals surface area contributed by atoms with Crippen molar-refractivity contribution in [3.63, 3.8) is 0 Å². The number of benzene rings is 2. The van der Waals surface area contributed by atoms with E-state index in [1.807, 2.05) is 0 Å². The lowest BCUT2D eigenvalue weighted by Gasteiger charge is -2.40. The Kier molecular flexibility index (Phi) is 5.56. The van der Waals surface area contributed by atoms with Crippen molar-refractivity contribution >= 4 is 11.0 Å². The third kappa shape index (κ3) is 3.82. The fraction of sp³-hybridized carbons (Fsp3) is 0.286. The van der Waals surface area contributed by atoms with Gasteiger partial charge in [0.15, 0.2) is 12.4 Å². The number of rotatable bonds is 4. The van der Waals surface area contributed by atoms with Gasteiger partial charge in [-0.2, -0.15) is 0 Å². The van der Waals surface area contributed by atoms with Gasteiger partial charge in [-0.25, -0.2) is 0 Å². The highest BCUT2D eigenvalue weighted by atomic mass is 16.7. The molecule has 0 spiro atoms. The number of fused-ring (bicyclic) bond motifs is 1. The molecule has 0 radical (unpaired) electrons. The third-order valence-electron chi connectivity index (χ3n) is 5.12. The summed E-state index contributed by atoms with van der Waals surface area (Å²) in [6.07, 6.45) is -5.78. The average Bonchev–Trinajstić information content (AvgIpc) is 2.74. The molecule has 10 nitrogen and oxygen atoms in total. The van der Waals surface area contributed by atoms with E-state index in [4.69, 9.17) is 13.9 Å². The van der Waals surface area contributed by atoms with Crippen molar-refractivity contribution < 1.29 is 44.5 Å². The molecular weight excluding hydrogens is 412 g/mol. The van der Waals surface area contributed by atoms with Crippen LogP contribution in [0, 0.1) is 0 Å². The van der Waals surface area contributed by atoms with Crippen LogP contribution in [-0.2, 0) is 4.74 Å². The summed E-state index contributed by atoms with van der Waals surface area (Å²) in [4.78, 5) is 12.8. The lowest BCUT2D eigenvalue weighted by atomic mass is 9.99. The first-order valence-corrected chi connectivity index (χ1v) is 9.35. The number of hydrogen-bond acceptors (Lipinski definition) is 10. The van der Waals surface area contributed by atoms with Crippen molar-refractivity contribution in [2.75, 3.05) is 6.61 Å². The van der Waals surface area contributed by atoms with Gasteiger partial charge in [-0.05, 0) is 17.7 Å². The molecule has 6 N–H and O–H groups in total. The maximum absolute atomic E-state index is 12.8. The lowest BCUT2D eigenvalue weighted by Crippen LogP contribution is -2.60.